The lowest BCUT2D eigenvalue weighted by molar-refractivity contribution is 0.0956. The number of likely N-dealkylation sites (N-methyl/N-ethyl adjacent to an activating group) is 1. The number of imide groups is 1. The third-order valence-corrected chi connectivity index (χ3v) is 9.20. The molecule has 10 nitrogen and oxygen atoms in total. The quantitative estimate of drug-likeness (QED) is 0.469. The van der Waals surface area contributed by atoms with E-state index in [1.165, 1.54) is 58.9 Å². The number of nitrogens with zero attached hydrogens (tertiary/aromatic N) is 3. The van der Waals surface area contributed by atoms with Crippen LogP contribution in [0.2, 0.25) is 0 Å². The van der Waals surface area contributed by atoms with Gasteiger partial charge in [-0.25, -0.2) is 13.2 Å². The van der Waals surface area contributed by atoms with Gasteiger partial charge in [0.2, 0.25) is 10.0 Å². The number of urea groups is 1. The molecule has 0 saturated heterocycles. The largest absolute Gasteiger partial charge is 0.331 e. The highest BCUT2D eigenvalue weighted by Crippen LogP contribution is 2.37. The van der Waals surface area contributed by atoms with E-state index in [0.717, 1.165) is 17.0 Å². The summed E-state index contributed by atoms with van der Waals surface area (Å²) in [5.41, 5.74) is 1.38. The molecule has 0 fully saturated rings. The molecule has 1 aliphatic rings. The van der Waals surface area contributed by atoms with Crippen LogP contribution < -0.4 is 10.6 Å². The summed E-state index contributed by atoms with van der Waals surface area (Å²) in [7, 11) is 1.33. The summed E-state index contributed by atoms with van der Waals surface area (Å²) in [6.45, 7) is 10.1. The molecular weight excluding hydrogens is 538 g/mol. The molecule has 12 heteroatoms. The molecule has 3 rings (SSSR count). The maximum absolute atomic E-state index is 13.3. The van der Waals surface area contributed by atoms with Crippen molar-refractivity contribution in [3.05, 3.63) is 45.8 Å². The third-order valence-electron chi connectivity index (χ3n) is 6.22. The van der Waals surface area contributed by atoms with E-state index in [0.29, 0.717) is 36.6 Å². The molecule has 0 atom stereocenters. The van der Waals surface area contributed by atoms with Crippen molar-refractivity contribution in [3.63, 3.8) is 0 Å². The van der Waals surface area contributed by atoms with E-state index < -0.39 is 27.9 Å². The zero-order valence-electron chi connectivity index (χ0n) is 23.7. The van der Waals surface area contributed by atoms with Crippen molar-refractivity contribution in [2.75, 3.05) is 46.1 Å². The summed E-state index contributed by atoms with van der Waals surface area (Å²) < 4.78 is 28.1. The second-order valence-corrected chi connectivity index (χ2v) is 14.0. The Kier molecular flexibility index (Phi) is 9.92. The number of carbonyl (C=O) groups excluding carboxylic acids is 3. The van der Waals surface area contributed by atoms with Gasteiger partial charge in [-0.1, -0.05) is 27.7 Å². The van der Waals surface area contributed by atoms with Gasteiger partial charge in [0.05, 0.1) is 10.5 Å². The van der Waals surface area contributed by atoms with Gasteiger partial charge in [0.1, 0.15) is 5.00 Å². The van der Waals surface area contributed by atoms with Crippen LogP contribution in [0.1, 0.15) is 58.9 Å². The molecule has 2 N–H and O–H groups in total. The van der Waals surface area contributed by atoms with Gasteiger partial charge in [-0.2, -0.15) is 4.31 Å². The Bertz CT molecular complexity index is 1310. The number of hydrogen-bond acceptors (Lipinski definition) is 7. The minimum Gasteiger partial charge on any atom is -0.331 e. The van der Waals surface area contributed by atoms with Gasteiger partial charge in [0.25, 0.3) is 11.8 Å². The fraction of sp³-hybridized carbons (Fsp3) is 0.519. The van der Waals surface area contributed by atoms with E-state index in [-0.39, 0.29) is 22.3 Å². The average molecular weight is 578 g/mol. The minimum atomic E-state index is -3.73. The zero-order valence-corrected chi connectivity index (χ0v) is 25.3. The predicted octanol–water partition coefficient (Wildman–Crippen LogP) is 3.70. The van der Waals surface area contributed by atoms with Crippen molar-refractivity contribution < 1.29 is 22.8 Å². The van der Waals surface area contributed by atoms with Crippen LogP contribution in [-0.2, 0) is 23.0 Å². The molecule has 1 aromatic heterocycles. The van der Waals surface area contributed by atoms with Crippen LogP contribution in [0, 0.1) is 11.8 Å². The second-order valence-electron chi connectivity index (χ2n) is 10.9. The summed E-state index contributed by atoms with van der Waals surface area (Å²) in [6.07, 6.45) is 0.618. The Hall–Kier alpha value is -2.80. The van der Waals surface area contributed by atoms with E-state index in [1.807, 2.05) is 34.7 Å². The van der Waals surface area contributed by atoms with E-state index in [9.17, 15) is 22.8 Å². The molecule has 2 aromatic rings. The number of thiophene rings is 1. The molecule has 1 aliphatic heterocycles. The minimum absolute atomic E-state index is 0.122. The number of amides is 4. The number of rotatable bonds is 9. The SMILES string of the molecule is CC(C)CN(CC(C)C)S(=O)(=O)c1ccc(C(=O)Nc2sc3c(c2C(=O)NC(=O)N(C)C)CCN(C)C3)cc1. The van der Waals surface area contributed by atoms with Gasteiger partial charge < -0.3 is 15.1 Å². The lowest BCUT2D eigenvalue weighted by Crippen LogP contribution is -2.39. The van der Waals surface area contributed by atoms with Crippen LogP contribution in [0.15, 0.2) is 29.2 Å². The molecule has 0 saturated carbocycles. The van der Waals surface area contributed by atoms with Gasteiger partial charge in [0, 0.05) is 50.7 Å². The van der Waals surface area contributed by atoms with Crippen molar-refractivity contribution in [2.24, 2.45) is 11.8 Å². The molecule has 0 aliphatic carbocycles. The monoisotopic (exact) mass is 577 g/mol. The van der Waals surface area contributed by atoms with Crippen molar-refractivity contribution in [2.45, 2.75) is 45.6 Å². The predicted molar refractivity (Wildman–Crippen MR) is 154 cm³/mol. The standard InChI is InChI=1S/C27H39N5O5S2/c1-17(2)14-32(15-18(3)4)39(36,37)20-10-8-19(9-11-20)24(33)28-26-23(25(34)29-27(35)30(5)6)21-12-13-31(7)16-22(21)38-26/h8-11,17-18H,12-16H2,1-7H3,(H,28,33)(H,29,34,35). The molecule has 0 unspecified atom stereocenters. The van der Waals surface area contributed by atoms with Crippen LogP contribution in [0.4, 0.5) is 9.80 Å². The van der Waals surface area contributed by atoms with Crippen molar-refractivity contribution in [1.82, 2.24) is 19.4 Å². The summed E-state index contributed by atoms with van der Waals surface area (Å²) in [6, 6.07) is 5.28. The molecule has 4 amide bonds. The third kappa shape index (κ3) is 7.44. The molecule has 214 valence electrons. The maximum atomic E-state index is 13.3. The normalized spacial score (nSPS) is 14.0. The number of hydrogen-bond donors (Lipinski definition) is 2. The molecule has 39 heavy (non-hydrogen) atoms. The lowest BCUT2D eigenvalue weighted by atomic mass is 10.0. The number of benzene rings is 1. The maximum Gasteiger partial charge on any atom is 0.323 e. The fourth-order valence-corrected chi connectivity index (χ4v) is 7.41. The van der Waals surface area contributed by atoms with Crippen LogP contribution in [0.5, 0.6) is 0 Å². The Morgan fingerprint density at radius 1 is 1.00 bits per heavy atom. The van der Waals surface area contributed by atoms with E-state index in [2.05, 4.69) is 15.5 Å². The Labute approximate surface area is 235 Å². The summed E-state index contributed by atoms with van der Waals surface area (Å²) in [5.74, 6) is -0.707. The molecular formula is C27H39N5O5S2. The van der Waals surface area contributed by atoms with Gasteiger partial charge in [0.15, 0.2) is 0 Å². The number of carbonyl (C=O) groups is 3. The van der Waals surface area contributed by atoms with E-state index in [4.69, 9.17) is 0 Å². The number of nitrogens with one attached hydrogen (secondary N) is 2. The number of sulfonamides is 1. The topological polar surface area (TPSA) is 119 Å². The molecule has 1 aromatic carbocycles. The van der Waals surface area contributed by atoms with Crippen LogP contribution in [0.25, 0.3) is 0 Å². The highest BCUT2D eigenvalue weighted by Gasteiger charge is 2.30. The van der Waals surface area contributed by atoms with E-state index >= 15 is 0 Å². The first-order valence-corrected chi connectivity index (χ1v) is 15.2. The zero-order chi connectivity index (χ0) is 29.1. The lowest BCUT2D eigenvalue weighted by Gasteiger charge is -2.25. The Morgan fingerprint density at radius 2 is 1.59 bits per heavy atom. The summed E-state index contributed by atoms with van der Waals surface area (Å²) in [5, 5.41) is 5.57. The van der Waals surface area contributed by atoms with Crippen LogP contribution in [0.3, 0.4) is 0 Å². The highest BCUT2D eigenvalue weighted by molar-refractivity contribution is 7.89. The second kappa shape index (κ2) is 12.6. The molecule has 0 spiro atoms. The number of anilines is 1. The Morgan fingerprint density at radius 3 is 2.13 bits per heavy atom. The first-order valence-electron chi connectivity index (χ1n) is 13.0. The van der Waals surface area contributed by atoms with Crippen LogP contribution in [-0.4, -0.2) is 81.1 Å². The van der Waals surface area contributed by atoms with E-state index in [1.54, 1.807) is 0 Å². The highest BCUT2D eigenvalue weighted by atomic mass is 32.2. The number of fused-ring (bicyclic) bond motifs is 1. The fourth-order valence-electron chi connectivity index (χ4n) is 4.32. The molecule has 0 bridgehead atoms. The average Bonchev–Trinajstić information content (AvgIpc) is 3.19. The molecule has 2 heterocycles. The first kappa shape index (κ1) is 30.7. The van der Waals surface area contributed by atoms with Crippen molar-refractivity contribution in [1.29, 1.82) is 0 Å². The summed E-state index contributed by atoms with van der Waals surface area (Å²) in [4.78, 5) is 42.9. The summed E-state index contributed by atoms with van der Waals surface area (Å²) >= 11 is 1.31. The van der Waals surface area contributed by atoms with Crippen molar-refractivity contribution in [3.8, 4) is 0 Å². The first-order chi connectivity index (χ1) is 18.2. The van der Waals surface area contributed by atoms with Crippen LogP contribution >= 0.6 is 11.3 Å². The molecule has 0 radical (unpaired) electrons. The Balaban J connectivity index is 1.87. The van der Waals surface area contributed by atoms with Gasteiger partial charge in [-0.05, 0) is 55.1 Å². The van der Waals surface area contributed by atoms with Crippen molar-refractivity contribution >= 4 is 44.2 Å². The smallest absolute Gasteiger partial charge is 0.323 e. The van der Waals surface area contributed by atoms with Gasteiger partial charge in [-0.3, -0.25) is 14.9 Å². The van der Waals surface area contributed by atoms with Gasteiger partial charge in [-0.15, -0.1) is 11.3 Å². The van der Waals surface area contributed by atoms with Gasteiger partial charge >= 0.3 is 6.03 Å².